The van der Waals surface area contributed by atoms with E-state index >= 15 is 0 Å². The molecular weight excluding hydrogens is 464 g/mol. The summed E-state index contributed by atoms with van der Waals surface area (Å²) >= 11 is 6.38. The highest BCUT2D eigenvalue weighted by molar-refractivity contribution is 6.31. The lowest BCUT2D eigenvalue weighted by Gasteiger charge is -2.21. The molecule has 35 heavy (non-hydrogen) atoms. The van der Waals surface area contributed by atoms with E-state index in [4.69, 9.17) is 16.3 Å². The monoisotopic (exact) mass is 494 g/mol. The smallest absolute Gasteiger partial charge is 0.264 e. The van der Waals surface area contributed by atoms with Gasteiger partial charge in [0.2, 0.25) is 0 Å². The first kappa shape index (κ1) is 24.9. The number of pyridine rings is 1. The molecule has 2 aromatic carbocycles. The number of nitrogens with one attached hydrogen (secondary N) is 1. The van der Waals surface area contributed by atoms with E-state index in [1.807, 2.05) is 49.4 Å². The molecule has 0 aliphatic carbocycles. The molecule has 0 radical (unpaired) electrons. The molecule has 0 saturated carbocycles. The number of aromatic amines is 1. The molecule has 6 nitrogen and oxygen atoms in total. The Morgan fingerprint density at radius 2 is 1.97 bits per heavy atom. The van der Waals surface area contributed by atoms with Gasteiger partial charge in [0.25, 0.3) is 11.5 Å². The molecular formula is C28H31ClN2O4. The second-order valence-corrected chi connectivity index (χ2v) is 9.45. The third-order valence-corrected chi connectivity index (χ3v) is 7.13. The summed E-state index contributed by atoms with van der Waals surface area (Å²) in [7, 11) is 1.57. The molecule has 4 rings (SSSR count). The zero-order valence-electron chi connectivity index (χ0n) is 20.4. The van der Waals surface area contributed by atoms with Crippen LogP contribution in [0.5, 0.6) is 11.5 Å². The molecule has 184 valence electrons. The van der Waals surface area contributed by atoms with Crippen molar-refractivity contribution in [1.82, 2.24) is 9.88 Å². The molecule has 1 saturated heterocycles. The molecule has 0 spiro atoms. The molecule has 2 heterocycles. The van der Waals surface area contributed by atoms with Crippen LogP contribution in [0.3, 0.4) is 0 Å². The van der Waals surface area contributed by atoms with Crippen LogP contribution in [0.15, 0.2) is 47.3 Å². The molecule has 1 aliphatic heterocycles. The number of hydrogen-bond donors (Lipinski definition) is 2. The maximum atomic E-state index is 13.6. The zero-order valence-corrected chi connectivity index (χ0v) is 21.1. The van der Waals surface area contributed by atoms with Crippen LogP contribution < -0.4 is 10.3 Å². The maximum Gasteiger partial charge on any atom is 0.264 e. The first-order valence-corrected chi connectivity index (χ1v) is 12.4. The summed E-state index contributed by atoms with van der Waals surface area (Å²) in [4.78, 5) is 31.3. The number of amides is 1. The summed E-state index contributed by atoms with van der Waals surface area (Å²) in [5.74, 6) is -0.120. The topological polar surface area (TPSA) is 82.6 Å². The van der Waals surface area contributed by atoms with Crippen LogP contribution in [-0.2, 0) is 6.42 Å². The molecule has 1 amide bonds. The lowest BCUT2D eigenvalue weighted by molar-refractivity contribution is 0.0786. The minimum atomic E-state index is -0.573. The highest BCUT2D eigenvalue weighted by Gasteiger charge is 2.33. The minimum Gasteiger partial charge on any atom is -0.506 e. The number of aromatic nitrogens is 1. The van der Waals surface area contributed by atoms with Crippen molar-refractivity contribution in [2.45, 2.75) is 45.4 Å². The molecule has 1 fully saturated rings. The van der Waals surface area contributed by atoms with Gasteiger partial charge in [0.1, 0.15) is 17.1 Å². The molecule has 0 bridgehead atoms. The number of aromatic hydroxyl groups is 1. The van der Waals surface area contributed by atoms with E-state index in [2.05, 4.69) is 11.9 Å². The van der Waals surface area contributed by atoms with Gasteiger partial charge >= 0.3 is 0 Å². The summed E-state index contributed by atoms with van der Waals surface area (Å²) in [5.41, 5.74) is 2.80. The van der Waals surface area contributed by atoms with Crippen molar-refractivity contribution in [3.05, 3.63) is 80.2 Å². The number of rotatable bonds is 7. The number of hydrogen-bond acceptors (Lipinski definition) is 4. The van der Waals surface area contributed by atoms with Crippen molar-refractivity contribution in [2.24, 2.45) is 0 Å². The number of unbranched alkanes of at least 4 members (excludes halogenated alkanes) is 1. The van der Waals surface area contributed by atoms with E-state index in [1.165, 1.54) is 0 Å². The van der Waals surface area contributed by atoms with Gasteiger partial charge in [-0.15, -0.1) is 0 Å². The van der Waals surface area contributed by atoms with Crippen LogP contribution in [0, 0.1) is 6.92 Å². The number of H-pyrrole nitrogens is 1. The first-order valence-electron chi connectivity index (χ1n) is 12.0. The van der Waals surface area contributed by atoms with Crippen LogP contribution in [0.1, 0.15) is 59.3 Å². The molecule has 1 atom stereocenters. The lowest BCUT2D eigenvalue weighted by atomic mass is 9.93. The average Bonchev–Trinajstić information content (AvgIpc) is 3.33. The van der Waals surface area contributed by atoms with Crippen LogP contribution in [0.4, 0.5) is 0 Å². The van der Waals surface area contributed by atoms with Crippen LogP contribution >= 0.6 is 11.6 Å². The highest BCUT2D eigenvalue weighted by atomic mass is 35.5. The number of aryl methyl sites for hydroxylation is 2. The minimum absolute atomic E-state index is 0.0774. The van der Waals surface area contributed by atoms with E-state index in [-0.39, 0.29) is 17.2 Å². The maximum absolute atomic E-state index is 13.6. The van der Waals surface area contributed by atoms with Crippen molar-refractivity contribution in [1.29, 1.82) is 0 Å². The number of likely N-dealkylation sites (tertiary alicyclic amines) is 1. The van der Waals surface area contributed by atoms with Gasteiger partial charge < -0.3 is 19.7 Å². The molecule has 1 unspecified atom stereocenters. The van der Waals surface area contributed by atoms with Gasteiger partial charge in [0, 0.05) is 40.9 Å². The van der Waals surface area contributed by atoms with Gasteiger partial charge in [-0.2, -0.15) is 0 Å². The Labute approximate surface area is 210 Å². The summed E-state index contributed by atoms with van der Waals surface area (Å²) in [6.07, 6.45) is 3.06. The highest BCUT2D eigenvalue weighted by Crippen LogP contribution is 2.42. The molecule has 7 heteroatoms. The summed E-state index contributed by atoms with van der Waals surface area (Å²) < 4.78 is 5.59. The number of ether oxygens (including phenoxy) is 1. The Balaban J connectivity index is 1.78. The van der Waals surface area contributed by atoms with E-state index in [0.29, 0.717) is 47.1 Å². The summed E-state index contributed by atoms with van der Waals surface area (Å²) in [5, 5.41) is 12.1. The van der Waals surface area contributed by atoms with Crippen LogP contribution in [0.25, 0.3) is 11.1 Å². The van der Waals surface area contributed by atoms with Crippen molar-refractivity contribution < 1.29 is 14.6 Å². The Bertz CT molecular complexity index is 1300. The standard InChI is InChI=1S/C28H31ClN2O4/c1-4-5-12-21-24(23-17(2)9-8-13-22(23)35-3)26(32)25(27(33)30-21)28(34)31-15-14-18(16-31)19-10-6-7-11-20(19)29/h6-11,13,18H,4-5,12,14-16H2,1-3H3,(H2,30,32,33). The predicted molar refractivity (Wildman–Crippen MR) is 139 cm³/mol. The normalized spacial score (nSPS) is 15.4. The molecule has 3 aromatic rings. The third kappa shape index (κ3) is 4.80. The van der Waals surface area contributed by atoms with E-state index in [0.717, 1.165) is 30.4 Å². The zero-order chi connectivity index (χ0) is 25.1. The fraction of sp³-hybridized carbons (Fsp3) is 0.357. The predicted octanol–water partition coefficient (Wildman–Crippen LogP) is 5.69. The van der Waals surface area contributed by atoms with E-state index < -0.39 is 11.5 Å². The van der Waals surface area contributed by atoms with Crippen molar-refractivity contribution >= 4 is 17.5 Å². The summed E-state index contributed by atoms with van der Waals surface area (Å²) in [6.45, 7) is 4.89. The van der Waals surface area contributed by atoms with Crippen molar-refractivity contribution in [2.75, 3.05) is 20.2 Å². The van der Waals surface area contributed by atoms with Gasteiger partial charge in [-0.25, -0.2) is 0 Å². The SMILES string of the molecule is CCCCc1[nH]c(=O)c(C(=O)N2CCC(c3ccccc3Cl)C2)c(O)c1-c1c(C)cccc1OC. The van der Waals surface area contributed by atoms with E-state index in [9.17, 15) is 14.7 Å². The Hall–Kier alpha value is -3.25. The molecule has 1 aromatic heterocycles. The first-order chi connectivity index (χ1) is 16.9. The van der Waals surface area contributed by atoms with Gasteiger partial charge in [0.15, 0.2) is 0 Å². The van der Waals surface area contributed by atoms with E-state index in [1.54, 1.807) is 12.0 Å². The van der Waals surface area contributed by atoms with Gasteiger partial charge in [-0.3, -0.25) is 9.59 Å². The van der Waals surface area contributed by atoms with Crippen molar-refractivity contribution in [3.63, 3.8) is 0 Å². The van der Waals surface area contributed by atoms with Gasteiger partial charge in [0.05, 0.1) is 7.11 Å². The second kappa shape index (κ2) is 10.6. The van der Waals surface area contributed by atoms with Gasteiger partial charge in [-0.05, 0) is 49.4 Å². The van der Waals surface area contributed by atoms with Gasteiger partial charge in [-0.1, -0.05) is 55.3 Å². The summed E-state index contributed by atoms with van der Waals surface area (Å²) in [6, 6.07) is 13.2. The Kier molecular flexibility index (Phi) is 7.51. The van der Waals surface area contributed by atoms with Crippen molar-refractivity contribution in [3.8, 4) is 22.6 Å². The fourth-order valence-electron chi connectivity index (χ4n) is 4.94. The lowest BCUT2D eigenvalue weighted by Crippen LogP contribution is -2.33. The number of nitrogens with zero attached hydrogens (tertiary/aromatic N) is 1. The number of carbonyl (C=O) groups is 1. The fourth-order valence-corrected chi connectivity index (χ4v) is 5.23. The number of methoxy groups -OCH3 is 1. The van der Waals surface area contributed by atoms with Crippen LogP contribution in [-0.4, -0.2) is 41.1 Å². The number of carbonyl (C=O) groups excluding carboxylic acids is 1. The third-order valence-electron chi connectivity index (χ3n) is 6.79. The molecule has 2 N–H and O–H groups in total. The largest absolute Gasteiger partial charge is 0.506 e. The second-order valence-electron chi connectivity index (χ2n) is 9.05. The quantitative estimate of drug-likeness (QED) is 0.442. The average molecular weight is 495 g/mol. The Morgan fingerprint density at radius 3 is 2.69 bits per heavy atom. The molecule has 1 aliphatic rings. The Morgan fingerprint density at radius 1 is 1.20 bits per heavy atom. The number of halogens is 1. The van der Waals surface area contributed by atoms with Crippen LogP contribution in [0.2, 0.25) is 5.02 Å². The number of benzene rings is 2.